The minimum absolute atomic E-state index is 0.0340. The van der Waals surface area contributed by atoms with E-state index in [1.807, 2.05) is 46.0 Å². The third-order valence-corrected chi connectivity index (χ3v) is 4.95. The number of aromatic nitrogens is 5. The van der Waals surface area contributed by atoms with E-state index in [0.29, 0.717) is 19.6 Å². The first-order chi connectivity index (χ1) is 13.8. The molecule has 0 bridgehead atoms. The molecule has 1 aliphatic heterocycles. The molecule has 0 radical (unpaired) electrons. The van der Waals surface area contributed by atoms with Crippen molar-refractivity contribution in [3.8, 4) is 0 Å². The number of amides is 2. The minimum atomic E-state index is -0.116. The van der Waals surface area contributed by atoms with E-state index in [1.54, 1.807) is 12.5 Å². The van der Waals surface area contributed by atoms with Crippen molar-refractivity contribution in [2.45, 2.75) is 19.1 Å². The Labute approximate surface area is 163 Å². The van der Waals surface area contributed by atoms with Gasteiger partial charge in [0.25, 0.3) is 0 Å². The minimum Gasteiger partial charge on any atom is -0.335 e. The molecule has 9 nitrogen and oxygen atoms in total. The summed E-state index contributed by atoms with van der Waals surface area (Å²) < 4.78 is 1.98. The lowest BCUT2D eigenvalue weighted by molar-refractivity contribution is 0.131. The van der Waals surface area contributed by atoms with Crippen LogP contribution in [0.2, 0.25) is 0 Å². The van der Waals surface area contributed by atoms with E-state index in [4.69, 9.17) is 0 Å². The van der Waals surface area contributed by atoms with Crippen molar-refractivity contribution in [1.82, 2.24) is 39.8 Å². The number of nitrogens with zero attached hydrogens (tertiary/aromatic N) is 6. The van der Waals surface area contributed by atoms with Crippen LogP contribution in [0.1, 0.15) is 17.4 Å². The van der Waals surface area contributed by atoms with Gasteiger partial charge in [-0.25, -0.2) is 14.8 Å². The van der Waals surface area contributed by atoms with Crippen LogP contribution in [0.3, 0.4) is 0 Å². The fraction of sp³-hybridized carbons (Fsp3) is 0.368. The van der Waals surface area contributed by atoms with Crippen LogP contribution in [0, 0.1) is 0 Å². The van der Waals surface area contributed by atoms with E-state index < -0.39 is 0 Å². The van der Waals surface area contributed by atoms with E-state index in [9.17, 15) is 4.79 Å². The number of rotatable bonds is 6. The molecule has 2 N–H and O–H groups in total. The van der Waals surface area contributed by atoms with Gasteiger partial charge in [-0.3, -0.25) is 10.00 Å². The first-order valence-electron chi connectivity index (χ1n) is 9.40. The fourth-order valence-corrected chi connectivity index (χ4v) is 3.39. The van der Waals surface area contributed by atoms with E-state index in [2.05, 4.69) is 30.4 Å². The first kappa shape index (κ1) is 18.2. The molecule has 1 atom stereocenters. The summed E-state index contributed by atoms with van der Waals surface area (Å²) >= 11 is 0. The number of hydrogen-bond acceptors (Lipinski definition) is 5. The summed E-state index contributed by atoms with van der Waals surface area (Å²) in [6, 6.07) is 9.89. The standard InChI is InChI=1S/C19H24N8O/c28-19(27-10-8-25(9-11-27)13-18-21-14-22-24-18)23-17(12-26-7-6-20-15-26)16-4-2-1-3-5-16/h1-7,14-15,17H,8-13H2,(H,23,28)(H,21,22,24). The Morgan fingerprint density at radius 3 is 2.68 bits per heavy atom. The van der Waals surface area contributed by atoms with Gasteiger partial charge in [-0.1, -0.05) is 30.3 Å². The molecule has 3 heterocycles. The number of carbonyl (C=O) groups is 1. The highest BCUT2D eigenvalue weighted by Crippen LogP contribution is 2.16. The van der Waals surface area contributed by atoms with Gasteiger partial charge in [-0.05, 0) is 5.56 Å². The lowest BCUT2D eigenvalue weighted by Crippen LogP contribution is -2.52. The Kier molecular flexibility index (Phi) is 5.62. The second-order valence-electron chi connectivity index (χ2n) is 6.87. The normalized spacial score (nSPS) is 16.1. The van der Waals surface area contributed by atoms with Crippen LogP contribution in [0.5, 0.6) is 0 Å². The van der Waals surface area contributed by atoms with E-state index in [0.717, 1.165) is 31.0 Å². The summed E-state index contributed by atoms with van der Waals surface area (Å²) in [6.45, 7) is 4.36. The van der Waals surface area contributed by atoms with Crippen LogP contribution in [0.4, 0.5) is 4.79 Å². The van der Waals surface area contributed by atoms with Gasteiger partial charge in [0.05, 0.1) is 18.9 Å². The largest absolute Gasteiger partial charge is 0.335 e. The number of H-pyrrole nitrogens is 1. The molecule has 1 aromatic carbocycles. The lowest BCUT2D eigenvalue weighted by atomic mass is 10.1. The number of imidazole rings is 1. The van der Waals surface area contributed by atoms with Crippen molar-refractivity contribution < 1.29 is 4.79 Å². The highest BCUT2D eigenvalue weighted by molar-refractivity contribution is 5.74. The molecule has 2 aromatic heterocycles. The highest BCUT2D eigenvalue weighted by Gasteiger charge is 2.24. The average Bonchev–Trinajstić information content (AvgIpc) is 3.43. The van der Waals surface area contributed by atoms with E-state index in [-0.39, 0.29) is 12.1 Å². The Balaban J connectivity index is 1.35. The van der Waals surface area contributed by atoms with Gasteiger partial charge in [-0.15, -0.1) is 0 Å². The van der Waals surface area contributed by atoms with Gasteiger partial charge in [0.2, 0.25) is 0 Å². The molecule has 1 aliphatic rings. The number of urea groups is 1. The molecule has 0 aliphatic carbocycles. The van der Waals surface area contributed by atoms with Gasteiger partial charge >= 0.3 is 6.03 Å². The molecule has 4 rings (SSSR count). The molecule has 9 heteroatoms. The number of nitrogens with one attached hydrogen (secondary N) is 2. The quantitative estimate of drug-likeness (QED) is 0.672. The molecule has 3 aromatic rings. The van der Waals surface area contributed by atoms with E-state index in [1.165, 1.54) is 6.33 Å². The number of hydrogen-bond donors (Lipinski definition) is 2. The van der Waals surface area contributed by atoms with Crippen molar-refractivity contribution >= 4 is 6.03 Å². The van der Waals surface area contributed by atoms with Crippen LogP contribution >= 0.6 is 0 Å². The molecule has 0 saturated carbocycles. The van der Waals surface area contributed by atoms with Gasteiger partial charge in [0.15, 0.2) is 0 Å². The third-order valence-electron chi connectivity index (χ3n) is 4.95. The zero-order valence-corrected chi connectivity index (χ0v) is 15.6. The van der Waals surface area contributed by atoms with Crippen LogP contribution in [-0.4, -0.2) is 66.7 Å². The Bertz CT molecular complexity index is 841. The van der Waals surface area contributed by atoms with Gasteiger partial charge in [0.1, 0.15) is 12.2 Å². The van der Waals surface area contributed by atoms with Crippen molar-refractivity contribution in [2.24, 2.45) is 0 Å². The summed E-state index contributed by atoms with van der Waals surface area (Å²) in [4.78, 5) is 25.3. The number of aromatic amines is 1. The number of piperazine rings is 1. The van der Waals surface area contributed by atoms with Crippen molar-refractivity contribution in [2.75, 3.05) is 26.2 Å². The molecule has 0 spiro atoms. The zero-order chi connectivity index (χ0) is 19.2. The topological polar surface area (TPSA) is 95.0 Å². The summed E-state index contributed by atoms with van der Waals surface area (Å²) in [7, 11) is 0. The van der Waals surface area contributed by atoms with Gasteiger partial charge in [0, 0.05) is 45.1 Å². The molecule has 28 heavy (non-hydrogen) atoms. The highest BCUT2D eigenvalue weighted by atomic mass is 16.2. The molecule has 146 valence electrons. The second kappa shape index (κ2) is 8.66. The summed E-state index contributed by atoms with van der Waals surface area (Å²) in [5.74, 6) is 0.849. The molecule has 2 amide bonds. The molecular weight excluding hydrogens is 356 g/mol. The molecule has 1 fully saturated rings. The number of carbonyl (C=O) groups excluding carboxylic acids is 1. The monoisotopic (exact) mass is 380 g/mol. The van der Waals surface area contributed by atoms with Gasteiger partial charge < -0.3 is 14.8 Å². The summed E-state index contributed by atoms with van der Waals surface area (Å²) in [6.07, 6.45) is 6.94. The Hall–Kier alpha value is -3.20. The van der Waals surface area contributed by atoms with Crippen molar-refractivity contribution in [3.63, 3.8) is 0 Å². The molecular formula is C19H24N8O. The Morgan fingerprint density at radius 2 is 2.00 bits per heavy atom. The SMILES string of the molecule is O=C(NC(Cn1ccnc1)c1ccccc1)N1CCN(Cc2ncn[nH]2)CC1. The molecule has 1 unspecified atom stereocenters. The van der Waals surface area contributed by atoms with Crippen molar-refractivity contribution in [3.05, 3.63) is 66.8 Å². The summed E-state index contributed by atoms with van der Waals surface area (Å²) in [5.41, 5.74) is 1.08. The Morgan fingerprint density at radius 1 is 1.18 bits per heavy atom. The maximum Gasteiger partial charge on any atom is 0.318 e. The van der Waals surface area contributed by atoms with Crippen LogP contribution in [-0.2, 0) is 13.1 Å². The molecule has 1 saturated heterocycles. The predicted molar refractivity (Wildman–Crippen MR) is 103 cm³/mol. The van der Waals surface area contributed by atoms with Gasteiger partial charge in [-0.2, -0.15) is 5.10 Å². The smallest absolute Gasteiger partial charge is 0.318 e. The number of benzene rings is 1. The van der Waals surface area contributed by atoms with Crippen LogP contribution in [0.25, 0.3) is 0 Å². The maximum atomic E-state index is 12.9. The van der Waals surface area contributed by atoms with Crippen LogP contribution in [0.15, 0.2) is 55.4 Å². The average molecular weight is 380 g/mol. The predicted octanol–water partition coefficient (Wildman–Crippen LogP) is 1.27. The summed E-state index contributed by atoms with van der Waals surface area (Å²) in [5, 5.41) is 9.95. The fourth-order valence-electron chi connectivity index (χ4n) is 3.39. The maximum absolute atomic E-state index is 12.9. The first-order valence-corrected chi connectivity index (χ1v) is 9.40. The zero-order valence-electron chi connectivity index (χ0n) is 15.6. The second-order valence-corrected chi connectivity index (χ2v) is 6.87. The lowest BCUT2D eigenvalue weighted by Gasteiger charge is -2.35. The van der Waals surface area contributed by atoms with E-state index >= 15 is 0 Å². The van der Waals surface area contributed by atoms with Crippen molar-refractivity contribution in [1.29, 1.82) is 0 Å². The third kappa shape index (κ3) is 4.55. The van der Waals surface area contributed by atoms with Crippen LogP contribution < -0.4 is 5.32 Å².